The van der Waals surface area contributed by atoms with Crippen LogP contribution in [0.15, 0.2) is 33.8 Å². The number of halogens is 3. The molecule has 138 valence electrons. The number of methoxy groups -OCH3 is 1. The highest BCUT2D eigenvalue weighted by Crippen LogP contribution is 2.27. The molecule has 1 atom stereocenters. The third-order valence-electron chi connectivity index (χ3n) is 2.98. The highest BCUT2D eigenvalue weighted by Gasteiger charge is 2.31. The summed E-state index contributed by atoms with van der Waals surface area (Å²) >= 11 is 0. The number of nitrogens with zero attached hydrogens (tertiary/aromatic N) is 4. The maximum Gasteiger partial charge on any atom is 0.573 e. The van der Waals surface area contributed by atoms with Crippen molar-refractivity contribution in [3.8, 4) is 11.6 Å². The summed E-state index contributed by atoms with van der Waals surface area (Å²) in [6, 6.07) is 4.39. The van der Waals surface area contributed by atoms with Crippen LogP contribution in [-0.2, 0) is 9.71 Å². The molecule has 0 spiro atoms. The molecule has 3 aromatic rings. The van der Waals surface area contributed by atoms with Crippen molar-refractivity contribution in [2.45, 2.75) is 11.3 Å². The monoisotopic (exact) mass is 389 g/mol. The lowest BCUT2D eigenvalue weighted by atomic mass is 10.3. The van der Waals surface area contributed by atoms with Gasteiger partial charge in [0.15, 0.2) is 0 Å². The van der Waals surface area contributed by atoms with Crippen molar-refractivity contribution in [1.29, 1.82) is 0 Å². The van der Waals surface area contributed by atoms with E-state index in [4.69, 9.17) is 4.74 Å². The molecule has 0 amide bonds. The molecule has 0 aliphatic rings. The van der Waals surface area contributed by atoms with E-state index in [0.29, 0.717) is 0 Å². The summed E-state index contributed by atoms with van der Waals surface area (Å²) < 4.78 is 65.2. The number of aromatic nitrogens is 4. The van der Waals surface area contributed by atoms with Crippen LogP contribution in [0.5, 0.6) is 11.6 Å². The van der Waals surface area contributed by atoms with Gasteiger partial charge in [0.05, 0.1) is 16.8 Å². The average molecular weight is 389 g/mol. The molecule has 2 heterocycles. The van der Waals surface area contributed by atoms with Gasteiger partial charge in [0.2, 0.25) is 17.1 Å². The molecule has 2 aromatic heterocycles. The van der Waals surface area contributed by atoms with Gasteiger partial charge in [0, 0.05) is 4.90 Å². The van der Waals surface area contributed by atoms with E-state index in [1.54, 1.807) is 0 Å². The number of ether oxygens (including phenoxy) is 2. The molecular weight excluding hydrogens is 379 g/mol. The van der Waals surface area contributed by atoms with Gasteiger partial charge in [-0.05, 0) is 40.4 Å². The fourth-order valence-corrected chi connectivity index (χ4v) is 3.05. The van der Waals surface area contributed by atoms with Crippen molar-refractivity contribution in [3.63, 3.8) is 0 Å². The SMILES string of the molecule is C=S(=O)(Nc1nc2nonc2nc1OC)c1ccc(OC(F)(F)F)cc1. The van der Waals surface area contributed by atoms with Crippen molar-refractivity contribution < 1.29 is 31.5 Å². The number of hydrogen-bond donors (Lipinski definition) is 1. The molecule has 0 fully saturated rings. The number of anilines is 1. The lowest BCUT2D eigenvalue weighted by Gasteiger charge is -2.14. The van der Waals surface area contributed by atoms with E-state index in [2.05, 4.69) is 40.2 Å². The Morgan fingerprint density at radius 1 is 1.15 bits per heavy atom. The molecule has 0 radical (unpaired) electrons. The molecule has 0 aliphatic carbocycles. The Morgan fingerprint density at radius 3 is 2.35 bits per heavy atom. The maximum atomic E-state index is 12.8. The highest BCUT2D eigenvalue weighted by molar-refractivity contribution is 8.01. The Morgan fingerprint density at radius 2 is 1.77 bits per heavy atom. The number of nitrogens with one attached hydrogen (secondary N) is 1. The molecule has 1 N–H and O–H groups in total. The zero-order valence-electron chi connectivity index (χ0n) is 13.0. The first kappa shape index (κ1) is 17.7. The zero-order chi connectivity index (χ0) is 18.9. The van der Waals surface area contributed by atoms with E-state index in [1.165, 1.54) is 19.2 Å². The lowest BCUT2D eigenvalue weighted by molar-refractivity contribution is -0.274. The number of hydrogen-bond acceptors (Lipinski definition) is 8. The summed E-state index contributed by atoms with van der Waals surface area (Å²) in [7, 11) is -1.90. The van der Waals surface area contributed by atoms with E-state index in [0.717, 1.165) is 12.1 Å². The lowest BCUT2D eigenvalue weighted by Crippen LogP contribution is -2.17. The van der Waals surface area contributed by atoms with Gasteiger partial charge in [-0.1, -0.05) is 0 Å². The molecule has 0 saturated heterocycles. The van der Waals surface area contributed by atoms with Gasteiger partial charge in [0.1, 0.15) is 5.75 Å². The number of fused-ring (bicyclic) bond motifs is 1. The third kappa shape index (κ3) is 3.77. The second kappa shape index (κ2) is 6.33. The minimum Gasteiger partial charge on any atom is -0.478 e. The van der Waals surface area contributed by atoms with Crippen molar-refractivity contribution in [2.75, 3.05) is 11.8 Å². The summed E-state index contributed by atoms with van der Waals surface area (Å²) in [4.78, 5) is 8.10. The van der Waals surface area contributed by atoms with Gasteiger partial charge in [-0.2, -0.15) is 9.97 Å². The van der Waals surface area contributed by atoms with Gasteiger partial charge in [0.25, 0.3) is 5.88 Å². The Labute approximate surface area is 144 Å². The third-order valence-corrected chi connectivity index (χ3v) is 4.53. The predicted octanol–water partition coefficient (Wildman–Crippen LogP) is 2.02. The van der Waals surface area contributed by atoms with Crippen molar-refractivity contribution in [2.24, 2.45) is 0 Å². The average Bonchev–Trinajstić information content (AvgIpc) is 3.00. The fraction of sp³-hybridized carbons (Fsp3) is 0.154. The predicted molar refractivity (Wildman–Crippen MR) is 84.2 cm³/mol. The fourth-order valence-electron chi connectivity index (χ4n) is 1.91. The first-order valence-electron chi connectivity index (χ1n) is 6.73. The Balaban J connectivity index is 1.89. The van der Waals surface area contributed by atoms with Gasteiger partial charge < -0.3 is 9.47 Å². The molecule has 26 heavy (non-hydrogen) atoms. The van der Waals surface area contributed by atoms with Crippen LogP contribution in [0.25, 0.3) is 11.3 Å². The smallest absolute Gasteiger partial charge is 0.478 e. The van der Waals surface area contributed by atoms with E-state index in [1.807, 2.05) is 0 Å². The largest absolute Gasteiger partial charge is 0.573 e. The summed E-state index contributed by atoms with van der Waals surface area (Å²) in [5, 5.41) is 7.01. The van der Waals surface area contributed by atoms with Crippen LogP contribution < -0.4 is 14.2 Å². The molecule has 9 nitrogen and oxygen atoms in total. The first-order valence-corrected chi connectivity index (χ1v) is 8.46. The maximum absolute atomic E-state index is 12.8. The van der Waals surface area contributed by atoms with Gasteiger partial charge in [-0.15, -0.1) is 13.2 Å². The van der Waals surface area contributed by atoms with Gasteiger partial charge in [-0.25, -0.2) is 8.84 Å². The van der Waals surface area contributed by atoms with Crippen LogP contribution in [0.4, 0.5) is 19.0 Å². The Kier molecular flexibility index (Phi) is 4.31. The van der Waals surface area contributed by atoms with Crippen LogP contribution in [-0.4, -0.2) is 43.8 Å². The molecule has 1 aromatic carbocycles. The summed E-state index contributed by atoms with van der Waals surface area (Å²) in [6.07, 6.45) is -4.82. The van der Waals surface area contributed by atoms with Gasteiger partial charge in [-0.3, -0.25) is 4.72 Å². The molecule has 0 bridgehead atoms. The quantitative estimate of drug-likeness (QED) is 0.660. The second-order valence-corrected chi connectivity index (χ2v) is 6.82. The molecule has 0 aliphatic heterocycles. The minimum absolute atomic E-state index is 0.0393. The van der Waals surface area contributed by atoms with Crippen LogP contribution in [0, 0.1) is 0 Å². The van der Waals surface area contributed by atoms with Crippen molar-refractivity contribution >= 4 is 32.7 Å². The summed E-state index contributed by atoms with van der Waals surface area (Å²) in [5.41, 5.74) is 0.119. The van der Waals surface area contributed by atoms with Crippen LogP contribution in [0.3, 0.4) is 0 Å². The van der Waals surface area contributed by atoms with Crippen LogP contribution >= 0.6 is 0 Å². The topological polar surface area (TPSA) is 112 Å². The summed E-state index contributed by atoms with van der Waals surface area (Å²) in [5.74, 6) is 3.01. The first-order chi connectivity index (χ1) is 12.2. The van der Waals surface area contributed by atoms with E-state index < -0.39 is 21.8 Å². The van der Waals surface area contributed by atoms with E-state index in [9.17, 15) is 17.4 Å². The number of rotatable bonds is 5. The highest BCUT2D eigenvalue weighted by atomic mass is 32.2. The molecule has 13 heteroatoms. The normalized spacial score (nSPS) is 14.0. The van der Waals surface area contributed by atoms with E-state index >= 15 is 0 Å². The van der Waals surface area contributed by atoms with Crippen LogP contribution in [0.2, 0.25) is 0 Å². The molecule has 3 rings (SSSR count). The van der Waals surface area contributed by atoms with Gasteiger partial charge >= 0.3 is 6.36 Å². The minimum atomic E-state index is -4.82. The summed E-state index contributed by atoms with van der Waals surface area (Å²) in [6.45, 7) is 0. The second-order valence-electron chi connectivity index (χ2n) is 4.79. The number of alkyl halides is 3. The molecular formula is C13H10F3N5O4S. The molecule has 0 saturated carbocycles. The van der Waals surface area contributed by atoms with E-state index in [-0.39, 0.29) is 27.9 Å². The zero-order valence-corrected chi connectivity index (χ0v) is 13.8. The number of benzene rings is 1. The Bertz CT molecular complexity index is 1030. The Hall–Kier alpha value is -3.09. The standard InChI is InChI=1S/C13H10F3N5O4S/c1-23-12-11(17-9-10(18-12)20-25-19-9)21-26(2,22)8-5-3-7(4-6-8)24-13(14,15)16/h3-6H,2H2,1H3,(H,17,19,21,22). The van der Waals surface area contributed by atoms with Crippen LogP contribution in [0.1, 0.15) is 0 Å². The molecule has 1 unspecified atom stereocenters. The van der Waals surface area contributed by atoms with Crippen molar-refractivity contribution in [1.82, 2.24) is 20.3 Å². The van der Waals surface area contributed by atoms with Crippen molar-refractivity contribution in [3.05, 3.63) is 24.3 Å².